The van der Waals surface area contributed by atoms with E-state index in [-0.39, 0.29) is 12.5 Å². The summed E-state index contributed by atoms with van der Waals surface area (Å²) in [6.45, 7) is 0.0467. The number of fused-ring (bicyclic) bond motifs is 1. The number of nitrogens with zero attached hydrogens (tertiary/aromatic N) is 1. The van der Waals surface area contributed by atoms with Crippen molar-refractivity contribution in [2.45, 2.75) is 0 Å². The summed E-state index contributed by atoms with van der Waals surface area (Å²) < 4.78 is 11.5. The fraction of sp³-hybridized carbons (Fsp3) is 0.130. The van der Waals surface area contributed by atoms with Gasteiger partial charge in [0.05, 0.1) is 36.7 Å². The lowest BCUT2D eigenvalue weighted by atomic mass is 9.93. The normalized spacial score (nSPS) is 13.1. The third kappa shape index (κ3) is 3.11. The van der Waals surface area contributed by atoms with Crippen molar-refractivity contribution in [3.05, 3.63) is 77.9 Å². The second-order valence-electron chi connectivity index (χ2n) is 6.35. The number of rotatable bonds is 4. The van der Waals surface area contributed by atoms with Gasteiger partial charge in [-0.1, -0.05) is 60.7 Å². The van der Waals surface area contributed by atoms with Crippen LogP contribution in [0.5, 0.6) is 11.5 Å². The van der Waals surface area contributed by atoms with Gasteiger partial charge in [-0.25, -0.2) is 0 Å². The largest absolute Gasteiger partial charge is 0.496 e. The molecule has 4 rings (SSSR count). The van der Waals surface area contributed by atoms with Crippen molar-refractivity contribution in [3.8, 4) is 22.6 Å². The SMILES string of the molecule is COc1cc2c(c(OC)c1-c1ccccc1)C(c1ccccc1)=NCC(=O)N2. The molecule has 5 heteroatoms. The van der Waals surface area contributed by atoms with Gasteiger partial charge in [0.15, 0.2) is 0 Å². The smallest absolute Gasteiger partial charge is 0.246 e. The van der Waals surface area contributed by atoms with Crippen LogP contribution in [0.1, 0.15) is 11.1 Å². The number of ether oxygens (including phenoxy) is 2. The number of hydrogen-bond donors (Lipinski definition) is 1. The zero-order valence-electron chi connectivity index (χ0n) is 15.7. The monoisotopic (exact) mass is 372 g/mol. The van der Waals surface area contributed by atoms with Crippen molar-refractivity contribution in [2.75, 3.05) is 26.1 Å². The van der Waals surface area contributed by atoms with Crippen molar-refractivity contribution in [1.82, 2.24) is 0 Å². The van der Waals surface area contributed by atoms with Crippen LogP contribution in [0.4, 0.5) is 5.69 Å². The maximum atomic E-state index is 12.3. The van der Waals surface area contributed by atoms with Gasteiger partial charge in [-0.05, 0) is 5.56 Å². The maximum Gasteiger partial charge on any atom is 0.246 e. The quantitative estimate of drug-likeness (QED) is 0.748. The molecule has 3 aromatic carbocycles. The van der Waals surface area contributed by atoms with Crippen LogP contribution in [-0.4, -0.2) is 32.4 Å². The number of carbonyl (C=O) groups is 1. The molecular weight excluding hydrogens is 352 g/mol. The summed E-state index contributed by atoms with van der Waals surface area (Å²) >= 11 is 0. The Morgan fingerprint density at radius 2 is 1.50 bits per heavy atom. The molecule has 0 aliphatic carbocycles. The second-order valence-corrected chi connectivity index (χ2v) is 6.35. The molecule has 28 heavy (non-hydrogen) atoms. The van der Waals surface area contributed by atoms with Crippen LogP contribution in [-0.2, 0) is 4.79 Å². The van der Waals surface area contributed by atoms with Crippen LogP contribution in [0.25, 0.3) is 11.1 Å². The number of methoxy groups -OCH3 is 2. The summed E-state index contributed by atoms with van der Waals surface area (Å²) in [4.78, 5) is 16.9. The molecule has 0 radical (unpaired) electrons. The fourth-order valence-electron chi connectivity index (χ4n) is 3.46. The number of hydrogen-bond acceptors (Lipinski definition) is 4. The zero-order chi connectivity index (χ0) is 19.5. The Morgan fingerprint density at radius 1 is 0.857 bits per heavy atom. The van der Waals surface area contributed by atoms with Gasteiger partial charge in [-0.3, -0.25) is 9.79 Å². The van der Waals surface area contributed by atoms with E-state index in [2.05, 4.69) is 10.3 Å². The third-order valence-corrected chi connectivity index (χ3v) is 4.67. The van der Waals surface area contributed by atoms with Crippen molar-refractivity contribution >= 4 is 17.3 Å². The molecule has 1 heterocycles. The van der Waals surface area contributed by atoms with E-state index in [1.165, 1.54) is 0 Å². The highest BCUT2D eigenvalue weighted by molar-refractivity contribution is 6.22. The van der Waals surface area contributed by atoms with E-state index in [1.54, 1.807) is 14.2 Å². The standard InChI is InChI=1S/C23H20N2O3/c1-27-18-13-17-21(23(28-2)20(18)15-9-5-3-6-10-15)22(24-14-19(26)25-17)16-11-7-4-8-12-16/h3-13H,14H2,1-2H3,(H,25,26). The van der Waals surface area contributed by atoms with E-state index < -0.39 is 0 Å². The van der Waals surface area contributed by atoms with Gasteiger partial charge in [0.1, 0.15) is 18.0 Å². The van der Waals surface area contributed by atoms with Crippen molar-refractivity contribution in [2.24, 2.45) is 4.99 Å². The molecule has 0 unspecified atom stereocenters. The van der Waals surface area contributed by atoms with Crippen LogP contribution >= 0.6 is 0 Å². The first-order valence-corrected chi connectivity index (χ1v) is 8.97. The van der Waals surface area contributed by atoms with Gasteiger partial charge in [0, 0.05) is 11.6 Å². The summed E-state index contributed by atoms with van der Waals surface area (Å²) in [7, 11) is 3.23. The minimum atomic E-state index is -0.177. The highest BCUT2D eigenvalue weighted by Gasteiger charge is 2.27. The third-order valence-electron chi connectivity index (χ3n) is 4.67. The minimum Gasteiger partial charge on any atom is -0.496 e. The Hall–Kier alpha value is -3.60. The second kappa shape index (κ2) is 7.56. The average Bonchev–Trinajstić information content (AvgIpc) is 2.91. The van der Waals surface area contributed by atoms with Crippen LogP contribution < -0.4 is 14.8 Å². The molecule has 1 aliphatic heterocycles. The summed E-state index contributed by atoms with van der Waals surface area (Å²) in [5.74, 6) is 1.06. The molecule has 0 saturated heterocycles. The van der Waals surface area contributed by atoms with E-state index in [1.807, 2.05) is 66.7 Å². The Kier molecular flexibility index (Phi) is 4.81. The van der Waals surface area contributed by atoms with E-state index >= 15 is 0 Å². The summed E-state index contributed by atoms with van der Waals surface area (Å²) in [5.41, 5.74) is 4.79. The van der Waals surface area contributed by atoms with Gasteiger partial charge >= 0.3 is 0 Å². The van der Waals surface area contributed by atoms with Gasteiger partial charge in [-0.2, -0.15) is 0 Å². The van der Waals surface area contributed by atoms with Crippen molar-refractivity contribution in [3.63, 3.8) is 0 Å². The van der Waals surface area contributed by atoms with E-state index in [4.69, 9.17) is 9.47 Å². The predicted octanol–water partition coefficient (Wildman–Crippen LogP) is 4.16. The maximum absolute atomic E-state index is 12.3. The molecule has 3 aromatic rings. The molecule has 1 aliphatic rings. The lowest BCUT2D eigenvalue weighted by molar-refractivity contribution is -0.114. The van der Waals surface area contributed by atoms with Crippen LogP contribution in [0.2, 0.25) is 0 Å². The molecular formula is C23H20N2O3. The molecule has 1 N–H and O–H groups in total. The van der Waals surface area contributed by atoms with Gasteiger partial charge in [-0.15, -0.1) is 0 Å². The summed E-state index contributed by atoms with van der Waals surface area (Å²) in [6, 6.07) is 21.5. The predicted molar refractivity (Wildman–Crippen MR) is 111 cm³/mol. The average molecular weight is 372 g/mol. The molecule has 0 spiro atoms. The van der Waals surface area contributed by atoms with Crippen LogP contribution in [0.15, 0.2) is 71.7 Å². The number of amides is 1. The first-order valence-electron chi connectivity index (χ1n) is 8.97. The lowest BCUT2D eigenvalue weighted by Crippen LogP contribution is -2.14. The van der Waals surface area contributed by atoms with E-state index in [9.17, 15) is 4.79 Å². The Morgan fingerprint density at radius 3 is 2.11 bits per heavy atom. The van der Waals surface area contributed by atoms with Crippen molar-refractivity contribution in [1.29, 1.82) is 0 Å². The Labute approximate surface area is 163 Å². The number of benzodiazepines with no additional fused rings is 1. The van der Waals surface area contributed by atoms with Crippen LogP contribution in [0, 0.1) is 0 Å². The molecule has 140 valence electrons. The minimum absolute atomic E-state index is 0.0467. The Bertz CT molecular complexity index is 1040. The number of anilines is 1. The Balaban J connectivity index is 2.06. The topological polar surface area (TPSA) is 59.9 Å². The molecule has 1 amide bonds. The number of benzene rings is 3. The van der Waals surface area contributed by atoms with Gasteiger partial charge in [0.25, 0.3) is 0 Å². The van der Waals surface area contributed by atoms with E-state index in [0.717, 1.165) is 22.3 Å². The highest BCUT2D eigenvalue weighted by atomic mass is 16.5. The number of carbonyl (C=O) groups excluding carboxylic acids is 1. The molecule has 0 bridgehead atoms. The summed E-state index contributed by atoms with van der Waals surface area (Å²) in [6.07, 6.45) is 0. The molecule has 0 fully saturated rings. The first-order chi connectivity index (χ1) is 13.7. The number of nitrogens with one attached hydrogen (secondary N) is 1. The molecule has 0 aromatic heterocycles. The van der Waals surface area contributed by atoms with Crippen molar-refractivity contribution < 1.29 is 14.3 Å². The molecule has 0 saturated carbocycles. The zero-order valence-corrected chi connectivity index (χ0v) is 15.7. The fourth-order valence-corrected chi connectivity index (χ4v) is 3.46. The summed E-state index contributed by atoms with van der Waals surface area (Å²) in [5, 5.41) is 2.94. The lowest BCUT2D eigenvalue weighted by Gasteiger charge is -2.21. The van der Waals surface area contributed by atoms with Gasteiger partial charge < -0.3 is 14.8 Å². The molecule has 5 nitrogen and oxygen atoms in total. The van der Waals surface area contributed by atoms with Crippen LogP contribution in [0.3, 0.4) is 0 Å². The highest BCUT2D eigenvalue weighted by Crippen LogP contribution is 2.45. The molecule has 0 atom stereocenters. The van der Waals surface area contributed by atoms with E-state index in [0.29, 0.717) is 22.9 Å². The number of aliphatic imine (C=N–C) groups is 1. The first kappa shape index (κ1) is 17.8. The van der Waals surface area contributed by atoms with Gasteiger partial charge in [0.2, 0.25) is 5.91 Å².